The molecule has 9 heteroatoms. The van der Waals surface area contributed by atoms with Gasteiger partial charge in [0.15, 0.2) is 5.96 Å². The fourth-order valence-electron chi connectivity index (χ4n) is 2.86. The summed E-state index contributed by atoms with van der Waals surface area (Å²) in [7, 11) is 5.55. The molecule has 1 saturated heterocycles. The molecule has 1 aliphatic heterocycles. The number of anilines is 1. The molecule has 0 amide bonds. The highest BCUT2D eigenvalue weighted by Gasteiger charge is 2.41. The minimum Gasteiger partial charge on any atom is -0.363 e. The van der Waals surface area contributed by atoms with Crippen molar-refractivity contribution in [3.63, 3.8) is 0 Å². The van der Waals surface area contributed by atoms with E-state index in [2.05, 4.69) is 15.3 Å². The third kappa shape index (κ3) is 5.23. The van der Waals surface area contributed by atoms with Gasteiger partial charge in [-0.1, -0.05) is 0 Å². The van der Waals surface area contributed by atoms with Crippen LogP contribution in [-0.2, 0) is 6.54 Å². The Hall–Kier alpha value is -2.03. The molecular weight excluding hydrogens is 345 g/mol. The fourth-order valence-corrected chi connectivity index (χ4v) is 2.86. The topological polar surface area (TPSA) is 47.0 Å². The minimum atomic E-state index is -4.19. The Balaban J connectivity index is 1.90. The van der Waals surface area contributed by atoms with Gasteiger partial charge >= 0.3 is 6.18 Å². The number of aromatic nitrogens is 1. The van der Waals surface area contributed by atoms with E-state index in [0.717, 1.165) is 11.4 Å². The van der Waals surface area contributed by atoms with Gasteiger partial charge in [0.05, 0.1) is 0 Å². The number of pyridine rings is 1. The second-order valence-corrected chi connectivity index (χ2v) is 6.56. The molecule has 146 valence electrons. The summed E-state index contributed by atoms with van der Waals surface area (Å²) in [6.07, 6.45) is -2.43. The van der Waals surface area contributed by atoms with Crippen LogP contribution in [0.15, 0.2) is 23.3 Å². The number of nitrogens with zero attached hydrogens (tertiary/aromatic N) is 5. The summed E-state index contributed by atoms with van der Waals surface area (Å²) in [5, 5.41) is 3.28. The largest absolute Gasteiger partial charge is 0.403 e. The normalized spacial score (nSPS) is 18.0. The SMILES string of the molecule is CN=C(NCc1ccnc(N(C)C)c1)N1CCN(C(C)C(F)(F)F)CC1. The lowest BCUT2D eigenvalue weighted by atomic mass is 10.2. The van der Waals surface area contributed by atoms with Gasteiger partial charge in [-0.15, -0.1) is 0 Å². The monoisotopic (exact) mass is 372 g/mol. The average molecular weight is 372 g/mol. The van der Waals surface area contributed by atoms with Crippen molar-refractivity contribution in [3.05, 3.63) is 23.9 Å². The van der Waals surface area contributed by atoms with Crippen LogP contribution >= 0.6 is 0 Å². The first-order chi connectivity index (χ1) is 12.2. The van der Waals surface area contributed by atoms with E-state index < -0.39 is 12.2 Å². The lowest BCUT2D eigenvalue weighted by Crippen LogP contribution is -2.56. The number of aliphatic imine (C=N–C) groups is 1. The van der Waals surface area contributed by atoms with Gasteiger partial charge in [-0.05, 0) is 24.6 Å². The van der Waals surface area contributed by atoms with Crippen LogP contribution in [0.3, 0.4) is 0 Å². The molecule has 1 N–H and O–H groups in total. The molecule has 1 atom stereocenters. The van der Waals surface area contributed by atoms with Gasteiger partial charge in [0, 0.05) is 60.1 Å². The van der Waals surface area contributed by atoms with Crippen LogP contribution in [0.2, 0.25) is 0 Å². The summed E-state index contributed by atoms with van der Waals surface area (Å²) >= 11 is 0. The van der Waals surface area contributed by atoms with E-state index in [1.54, 1.807) is 13.2 Å². The molecule has 0 bridgehead atoms. The van der Waals surface area contributed by atoms with E-state index in [1.165, 1.54) is 11.8 Å². The van der Waals surface area contributed by atoms with Crippen molar-refractivity contribution >= 4 is 11.8 Å². The molecule has 0 spiro atoms. The van der Waals surface area contributed by atoms with Crippen molar-refractivity contribution in [1.82, 2.24) is 20.1 Å². The van der Waals surface area contributed by atoms with Gasteiger partial charge in [-0.25, -0.2) is 4.98 Å². The van der Waals surface area contributed by atoms with Crippen LogP contribution in [0, 0.1) is 0 Å². The van der Waals surface area contributed by atoms with E-state index in [0.29, 0.717) is 38.7 Å². The molecule has 1 aliphatic rings. The van der Waals surface area contributed by atoms with E-state index in [1.807, 2.05) is 36.0 Å². The fraction of sp³-hybridized carbons (Fsp3) is 0.647. The molecule has 1 fully saturated rings. The maximum atomic E-state index is 12.9. The van der Waals surface area contributed by atoms with Gasteiger partial charge in [-0.3, -0.25) is 9.89 Å². The van der Waals surface area contributed by atoms with Crippen molar-refractivity contribution in [2.75, 3.05) is 52.2 Å². The van der Waals surface area contributed by atoms with Gasteiger partial charge in [0.1, 0.15) is 11.9 Å². The highest BCUT2D eigenvalue weighted by Crippen LogP contribution is 2.25. The minimum absolute atomic E-state index is 0.363. The highest BCUT2D eigenvalue weighted by molar-refractivity contribution is 5.80. The van der Waals surface area contributed by atoms with Gasteiger partial charge in [0.25, 0.3) is 0 Å². The second-order valence-electron chi connectivity index (χ2n) is 6.56. The Morgan fingerprint density at radius 2 is 1.96 bits per heavy atom. The first-order valence-corrected chi connectivity index (χ1v) is 8.61. The molecule has 0 radical (unpaired) electrons. The molecule has 26 heavy (non-hydrogen) atoms. The molecule has 1 aromatic rings. The zero-order chi connectivity index (χ0) is 19.3. The molecule has 6 nitrogen and oxygen atoms in total. The van der Waals surface area contributed by atoms with Crippen LogP contribution in [0.4, 0.5) is 19.0 Å². The predicted octanol–water partition coefficient (Wildman–Crippen LogP) is 1.79. The Morgan fingerprint density at radius 1 is 1.31 bits per heavy atom. The van der Waals surface area contributed by atoms with Crippen LogP contribution in [0.5, 0.6) is 0 Å². The summed E-state index contributed by atoms with van der Waals surface area (Å²) in [6, 6.07) is 2.50. The van der Waals surface area contributed by atoms with Crippen molar-refractivity contribution in [3.8, 4) is 0 Å². The molecule has 0 aromatic carbocycles. The average Bonchev–Trinajstić information content (AvgIpc) is 2.61. The third-order valence-corrected chi connectivity index (χ3v) is 4.57. The van der Waals surface area contributed by atoms with Crippen molar-refractivity contribution in [2.24, 2.45) is 4.99 Å². The number of guanidine groups is 1. The zero-order valence-corrected chi connectivity index (χ0v) is 15.7. The lowest BCUT2D eigenvalue weighted by molar-refractivity contribution is -0.181. The Kier molecular flexibility index (Phi) is 6.69. The van der Waals surface area contributed by atoms with Crippen LogP contribution in [-0.4, -0.2) is 80.3 Å². The van der Waals surface area contributed by atoms with E-state index in [4.69, 9.17) is 0 Å². The molecule has 2 heterocycles. The first-order valence-electron chi connectivity index (χ1n) is 8.61. The molecule has 1 unspecified atom stereocenters. The lowest BCUT2D eigenvalue weighted by Gasteiger charge is -2.39. The summed E-state index contributed by atoms with van der Waals surface area (Å²) in [4.78, 5) is 13.9. The Morgan fingerprint density at radius 3 is 2.50 bits per heavy atom. The van der Waals surface area contributed by atoms with Gasteiger partial charge < -0.3 is 15.1 Å². The number of nitrogens with one attached hydrogen (secondary N) is 1. The highest BCUT2D eigenvalue weighted by atomic mass is 19.4. The van der Waals surface area contributed by atoms with E-state index in [9.17, 15) is 13.2 Å². The maximum Gasteiger partial charge on any atom is 0.403 e. The number of hydrogen-bond acceptors (Lipinski definition) is 4. The second kappa shape index (κ2) is 8.57. The van der Waals surface area contributed by atoms with Gasteiger partial charge in [-0.2, -0.15) is 13.2 Å². The third-order valence-electron chi connectivity index (χ3n) is 4.57. The van der Waals surface area contributed by atoms with Crippen molar-refractivity contribution in [2.45, 2.75) is 25.7 Å². The molecule has 0 saturated carbocycles. The molecule has 0 aliphatic carbocycles. The van der Waals surface area contributed by atoms with Crippen LogP contribution in [0.25, 0.3) is 0 Å². The molecule has 2 rings (SSSR count). The smallest absolute Gasteiger partial charge is 0.363 e. The van der Waals surface area contributed by atoms with Crippen molar-refractivity contribution < 1.29 is 13.2 Å². The predicted molar refractivity (Wildman–Crippen MR) is 97.4 cm³/mol. The summed E-state index contributed by atoms with van der Waals surface area (Å²) in [5.74, 6) is 1.57. The standard InChI is InChI=1S/C17H27F3N6/c1-13(17(18,19)20)25-7-9-26(10-8-25)16(21-2)23-12-14-5-6-22-15(11-14)24(3)4/h5-6,11,13H,7-10,12H2,1-4H3,(H,21,23). The number of alkyl halides is 3. The first kappa shape index (κ1) is 20.3. The summed E-state index contributed by atoms with van der Waals surface area (Å²) in [6.45, 7) is 3.55. The van der Waals surface area contributed by atoms with Crippen molar-refractivity contribution in [1.29, 1.82) is 0 Å². The van der Waals surface area contributed by atoms with Crippen LogP contribution in [0.1, 0.15) is 12.5 Å². The van der Waals surface area contributed by atoms with E-state index >= 15 is 0 Å². The zero-order valence-electron chi connectivity index (χ0n) is 15.7. The van der Waals surface area contributed by atoms with E-state index in [-0.39, 0.29) is 0 Å². The Bertz CT molecular complexity index is 609. The molecular formula is C17H27F3N6. The quantitative estimate of drug-likeness (QED) is 0.645. The maximum absolute atomic E-state index is 12.9. The van der Waals surface area contributed by atoms with Gasteiger partial charge in [0.2, 0.25) is 0 Å². The number of hydrogen-bond donors (Lipinski definition) is 1. The summed E-state index contributed by atoms with van der Waals surface area (Å²) in [5.41, 5.74) is 1.06. The number of halogens is 3. The molecule has 1 aromatic heterocycles. The number of piperazine rings is 1. The summed E-state index contributed by atoms with van der Waals surface area (Å²) < 4.78 is 38.6. The van der Waals surface area contributed by atoms with Crippen LogP contribution < -0.4 is 10.2 Å². The Labute approximate surface area is 152 Å². The number of rotatable bonds is 4.